The number of ether oxygens (including phenoxy) is 1. The lowest BCUT2D eigenvalue weighted by Crippen LogP contribution is -2.36. The predicted octanol–water partition coefficient (Wildman–Crippen LogP) is 5.51. The van der Waals surface area contributed by atoms with Crippen molar-refractivity contribution in [2.45, 2.75) is 63.0 Å². The first-order chi connectivity index (χ1) is 17.1. The molecule has 1 saturated heterocycles. The highest BCUT2D eigenvalue weighted by molar-refractivity contribution is 5.48. The monoisotopic (exact) mass is 477 g/mol. The summed E-state index contributed by atoms with van der Waals surface area (Å²) >= 11 is 0. The van der Waals surface area contributed by atoms with Crippen molar-refractivity contribution < 1.29 is 14.2 Å². The number of imidazole rings is 1. The summed E-state index contributed by atoms with van der Waals surface area (Å²) in [5.74, 6) is 0.702. The lowest BCUT2D eigenvalue weighted by atomic mass is 9.67. The number of halogens is 1. The van der Waals surface area contributed by atoms with E-state index in [1.165, 1.54) is 11.3 Å². The molecule has 0 amide bonds. The summed E-state index contributed by atoms with van der Waals surface area (Å²) in [5, 5.41) is 11.3. The van der Waals surface area contributed by atoms with Gasteiger partial charge in [0.2, 0.25) is 0 Å². The van der Waals surface area contributed by atoms with Gasteiger partial charge in [0.05, 0.1) is 31.1 Å². The molecule has 6 heteroatoms. The molecule has 2 aliphatic carbocycles. The number of hydrogen-bond acceptors (Lipinski definition) is 4. The molecular weight excluding hydrogens is 441 g/mol. The first-order valence-electron chi connectivity index (χ1n) is 13.2. The number of nitrogens with zero attached hydrogens (tertiary/aromatic N) is 3. The highest BCUT2D eigenvalue weighted by Crippen LogP contribution is 2.59. The summed E-state index contributed by atoms with van der Waals surface area (Å²) in [6, 6.07) is 8.96. The van der Waals surface area contributed by atoms with Crippen molar-refractivity contribution in [3.8, 4) is 0 Å². The van der Waals surface area contributed by atoms with Crippen LogP contribution in [0.1, 0.15) is 68.2 Å². The number of fused-ring (bicyclic) bond motifs is 3. The quantitative estimate of drug-likeness (QED) is 0.617. The second-order valence-electron chi connectivity index (χ2n) is 11.0. The van der Waals surface area contributed by atoms with Crippen molar-refractivity contribution >= 4 is 5.69 Å². The minimum atomic E-state index is -0.645. The van der Waals surface area contributed by atoms with Crippen LogP contribution in [-0.2, 0) is 4.74 Å². The van der Waals surface area contributed by atoms with Crippen LogP contribution in [0.3, 0.4) is 0 Å². The molecule has 6 rings (SSSR count). The largest absolute Gasteiger partial charge is 0.393 e. The summed E-state index contributed by atoms with van der Waals surface area (Å²) < 4.78 is 22.8. The van der Waals surface area contributed by atoms with Crippen LogP contribution < -0.4 is 4.90 Å². The van der Waals surface area contributed by atoms with Gasteiger partial charge in [0.1, 0.15) is 5.83 Å². The molecule has 2 aliphatic heterocycles. The fourth-order valence-electron chi connectivity index (χ4n) is 7.05. The van der Waals surface area contributed by atoms with Crippen molar-refractivity contribution in [2.75, 3.05) is 31.2 Å². The first kappa shape index (κ1) is 23.0. The van der Waals surface area contributed by atoms with Crippen LogP contribution >= 0.6 is 0 Å². The van der Waals surface area contributed by atoms with Crippen LogP contribution in [0.4, 0.5) is 10.1 Å². The number of allylic oxidation sites excluding steroid dienone is 4. The SMILES string of the molecule is CC12C(F)=CC=CC1c1cncn1C2CC(O)C1CCC(c2ccc(N3CCOCC3)cc2)CC1. The molecule has 2 aromatic rings. The standard InChI is InChI=1S/C29H36FN3O2/c1-29-24(3-2-4-27(29)30)25-18-31-19-33(25)28(29)17-26(34)22-7-5-20(6-8-22)21-9-11-23(12-10-21)32-13-15-35-16-14-32/h2-4,9-12,18-20,22,24,26,28,34H,5-8,13-17H2,1H3. The number of aliphatic hydroxyl groups is 1. The van der Waals surface area contributed by atoms with E-state index >= 15 is 4.39 Å². The highest BCUT2D eigenvalue weighted by Gasteiger charge is 2.54. The molecule has 0 radical (unpaired) electrons. The van der Waals surface area contributed by atoms with Gasteiger partial charge in [0.15, 0.2) is 0 Å². The van der Waals surface area contributed by atoms with Crippen molar-refractivity contribution in [3.05, 3.63) is 72.1 Å². The summed E-state index contributed by atoms with van der Waals surface area (Å²) in [5.41, 5.74) is 3.09. The molecule has 1 N–H and O–H groups in total. The van der Waals surface area contributed by atoms with Gasteiger partial charge in [-0.25, -0.2) is 9.37 Å². The van der Waals surface area contributed by atoms with Gasteiger partial charge in [-0.05, 0) is 67.7 Å². The van der Waals surface area contributed by atoms with Crippen LogP contribution in [0.25, 0.3) is 0 Å². The average Bonchev–Trinajstić information content (AvgIpc) is 3.46. The zero-order valence-electron chi connectivity index (χ0n) is 20.5. The van der Waals surface area contributed by atoms with E-state index < -0.39 is 11.5 Å². The Hall–Kier alpha value is -2.44. The molecule has 5 nitrogen and oxygen atoms in total. The Morgan fingerprint density at radius 3 is 2.63 bits per heavy atom. The Morgan fingerprint density at radius 2 is 1.89 bits per heavy atom. The maximum Gasteiger partial charge on any atom is 0.109 e. The maximum atomic E-state index is 15.2. The number of rotatable bonds is 5. The van der Waals surface area contributed by atoms with Crippen molar-refractivity contribution in [1.29, 1.82) is 0 Å². The second kappa shape index (κ2) is 9.21. The second-order valence-corrected chi connectivity index (χ2v) is 11.0. The Bertz CT molecular complexity index is 1100. The minimum absolute atomic E-state index is 0.0247. The van der Waals surface area contributed by atoms with Gasteiger partial charge in [-0.3, -0.25) is 0 Å². The zero-order chi connectivity index (χ0) is 24.0. The number of aliphatic hydroxyl groups excluding tert-OH is 1. The molecule has 4 atom stereocenters. The molecule has 0 bridgehead atoms. The van der Waals surface area contributed by atoms with Crippen molar-refractivity contribution in [2.24, 2.45) is 11.3 Å². The van der Waals surface area contributed by atoms with E-state index in [4.69, 9.17) is 4.74 Å². The van der Waals surface area contributed by atoms with Gasteiger partial charge in [0, 0.05) is 42.6 Å². The van der Waals surface area contributed by atoms with Crippen LogP contribution in [-0.4, -0.2) is 47.1 Å². The minimum Gasteiger partial charge on any atom is -0.393 e. The highest BCUT2D eigenvalue weighted by atomic mass is 19.1. The van der Waals surface area contributed by atoms with E-state index in [2.05, 4.69) is 44.8 Å². The Morgan fingerprint density at radius 1 is 1.14 bits per heavy atom. The molecule has 4 aliphatic rings. The fraction of sp³-hybridized carbons (Fsp3) is 0.552. The predicted molar refractivity (Wildman–Crippen MR) is 135 cm³/mol. The van der Waals surface area contributed by atoms with Gasteiger partial charge in [0.25, 0.3) is 0 Å². The first-order valence-corrected chi connectivity index (χ1v) is 13.2. The lowest BCUT2D eigenvalue weighted by molar-refractivity contribution is 0.0429. The molecule has 1 aromatic heterocycles. The van der Waals surface area contributed by atoms with E-state index in [1.54, 1.807) is 6.08 Å². The lowest BCUT2D eigenvalue weighted by Gasteiger charge is -2.39. The molecule has 1 aromatic carbocycles. The number of morpholine rings is 1. The van der Waals surface area contributed by atoms with E-state index in [0.29, 0.717) is 12.3 Å². The Kier molecular flexibility index (Phi) is 6.05. The van der Waals surface area contributed by atoms with E-state index in [-0.39, 0.29) is 23.7 Å². The van der Waals surface area contributed by atoms with Crippen LogP contribution in [0.15, 0.2) is 60.8 Å². The number of benzene rings is 1. The van der Waals surface area contributed by atoms with Crippen molar-refractivity contribution in [3.63, 3.8) is 0 Å². The summed E-state index contributed by atoms with van der Waals surface area (Å²) in [6.45, 7) is 5.53. The maximum absolute atomic E-state index is 15.2. The fourth-order valence-corrected chi connectivity index (χ4v) is 7.05. The van der Waals surface area contributed by atoms with Crippen molar-refractivity contribution in [1.82, 2.24) is 9.55 Å². The summed E-state index contributed by atoms with van der Waals surface area (Å²) in [6.07, 6.45) is 13.5. The molecule has 186 valence electrons. The Labute approximate surface area is 207 Å². The molecule has 3 heterocycles. The number of hydrogen-bond donors (Lipinski definition) is 1. The summed E-state index contributed by atoms with van der Waals surface area (Å²) in [4.78, 5) is 6.73. The number of aromatic nitrogens is 2. The van der Waals surface area contributed by atoms with E-state index in [9.17, 15) is 5.11 Å². The van der Waals surface area contributed by atoms with Crippen LogP contribution in [0.2, 0.25) is 0 Å². The molecule has 2 fully saturated rings. The van der Waals surface area contributed by atoms with Gasteiger partial charge in [-0.2, -0.15) is 0 Å². The summed E-state index contributed by atoms with van der Waals surface area (Å²) in [7, 11) is 0. The molecule has 1 saturated carbocycles. The van der Waals surface area contributed by atoms with Gasteiger partial charge in [-0.1, -0.05) is 31.2 Å². The van der Waals surface area contributed by atoms with Gasteiger partial charge in [-0.15, -0.1) is 0 Å². The van der Waals surface area contributed by atoms with Gasteiger partial charge >= 0.3 is 0 Å². The third-order valence-corrected chi connectivity index (χ3v) is 9.27. The normalized spacial score (nSPS) is 33.2. The number of anilines is 1. The average molecular weight is 478 g/mol. The molecule has 4 unspecified atom stereocenters. The smallest absolute Gasteiger partial charge is 0.109 e. The zero-order valence-corrected chi connectivity index (χ0v) is 20.5. The topological polar surface area (TPSA) is 50.5 Å². The molecule has 0 spiro atoms. The van der Waals surface area contributed by atoms with Crippen LogP contribution in [0.5, 0.6) is 0 Å². The van der Waals surface area contributed by atoms with Gasteiger partial charge < -0.3 is 19.3 Å². The molecular formula is C29H36FN3O2. The molecule has 35 heavy (non-hydrogen) atoms. The third-order valence-electron chi connectivity index (χ3n) is 9.27. The Balaban J connectivity index is 1.09. The third kappa shape index (κ3) is 3.95. The van der Waals surface area contributed by atoms with E-state index in [0.717, 1.165) is 57.7 Å². The van der Waals surface area contributed by atoms with Crippen LogP contribution in [0, 0.1) is 11.3 Å². The van der Waals surface area contributed by atoms with E-state index in [1.807, 2.05) is 25.5 Å².